The summed E-state index contributed by atoms with van der Waals surface area (Å²) in [7, 11) is 1.56. The zero-order valence-electron chi connectivity index (χ0n) is 14.9. The third-order valence-corrected chi connectivity index (χ3v) is 3.84. The topological polar surface area (TPSA) is 91.0 Å². The molecule has 0 bridgehead atoms. The minimum atomic E-state index is -0.468. The molecule has 3 rings (SSSR count). The number of non-ortho nitro benzene ring substituents is 1. The molecule has 0 saturated carbocycles. The van der Waals surface area contributed by atoms with Gasteiger partial charge in [-0.1, -0.05) is 12.1 Å². The number of rotatable bonds is 6. The first-order valence-electron chi connectivity index (χ1n) is 8.30. The van der Waals surface area contributed by atoms with Gasteiger partial charge in [-0.15, -0.1) is 0 Å². The van der Waals surface area contributed by atoms with E-state index in [0.29, 0.717) is 22.7 Å². The van der Waals surface area contributed by atoms with Crippen molar-refractivity contribution in [1.82, 2.24) is 0 Å². The number of nitro groups is 1. The van der Waals surface area contributed by atoms with Crippen molar-refractivity contribution in [2.24, 2.45) is 4.99 Å². The Labute approximate surface area is 161 Å². The fourth-order valence-electron chi connectivity index (χ4n) is 2.32. The van der Waals surface area contributed by atoms with E-state index in [1.54, 1.807) is 74.0 Å². The Morgan fingerprint density at radius 2 is 1.54 bits per heavy atom. The Bertz CT molecular complexity index is 994. The molecule has 140 valence electrons. The second-order valence-electron chi connectivity index (χ2n) is 5.72. The predicted molar refractivity (Wildman–Crippen MR) is 105 cm³/mol. The quantitative estimate of drug-likeness (QED) is 0.207. The van der Waals surface area contributed by atoms with Crippen LogP contribution in [-0.2, 0) is 0 Å². The van der Waals surface area contributed by atoms with Crippen molar-refractivity contribution in [3.8, 4) is 11.5 Å². The lowest BCUT2D eigenvalue weighted by atomic mass is 10.1. The number of nitro benzene ring substituents is 1. The van der Waals surface area contributed by atoms with Crippen LogP contribution in [0.1, 0.15) is 15.9 Å². The van der Waals surface area contributed by atoms with Crippen LogP contribution >= 0.6 is 0 Å². The average Bonchev–Trinajstić information content (AvgIpc) is 2.73. The fourth-order valence-corrected chi connectivity index (χ4v) is 2.32. The Kier molecular flexibility index (Phi) is 5.76. The summed E-state index contributed by atoms with van der Waals surface area (Å²) in [6.45, 7) is 0. The van der Waals surface area contributed by atoms with Gasteiger partial charge < -0.3 is 9.47 Å². The first-order valence-corrected chi connectivity index (χ1v) is 8.30. The largest absolute Gasteiger partial charge is 0.497 e. The molecule has 7 nitrogen and oxygen atoms in total. The van der Waals surface area contributed by atoms with E-state index in [1.165, 1.54) is 12.1 Å². The van der Waals surface area contributed by atoms with E-state index in [0.717, 1.165) is 5.56 Å². The zero-order chi connectivity index (χ0) is 19.9. The number of ether oxygens (including phenoxy) is 2. The lowest BCUT2D eigenvalue weighted by molar-refractivity contribution is -0.384. The number of benzene rings is 3. The number of carbonyl (C=O) groups excluding carboxylic acids is 1. The molecule has 0 aromatic heterocycles. The van der Waals surface area contributed by atoms with Gasteiger partial charge in [0.1, 0.15) is 11.5 Å². The van der Waals surface area contributed by atoms with Gasteiger partial charge in [-0.25, -0.2) is 4.79 Å². The highest BCUT2D eigenvalue weighted by Crippen LogP contribution is 2.19. The average molecular weight is 376 g/mol. The van der Waals surface area contributed by atoms with E-state index in [4.69, 9.17) is 9.47 Å². The first-order chi connectivity index (χ1) is 13.5. The van der Waals surface area contributed by atoms with Gasteiger partial charge in [0, 0.05) is 18.3 Å². The van der Waals surface area contributed by atoms with Crippen molar-refractivity contribution in [2.45, 2.75) is 0 Å². The number of hydrogen-bond acceptors (Lipinski definition) is 6. The lowest BCUT2D eigenvalue weighted by Gasteiger charge is -2.05. The van der Waals surface area contributed by atoms with Gasteiger partial charge in [0.05, 0.1) is 23.3 Å². The van der Waals surface area contributed by atoms with Crippen molar-refractivity contribution in [3.63, 3.8) is 0 Å². The Morgan fingerprint density at radius 1 is 0.929 bits per heavy atom. The maximum Gasteiger partial charge on any atom is 0.343 e. The summed E-state index contributed by atoms with van der Waals surface area (Å²) in [6.07, 6.45) is 1.61. The van der Waals surface area contributed by atoms with Crippen molar-refractivity contribution < 1.29 is 19.2 Å². The van der Waals surface area contributed by atoms with Crippen LogP contribution in [0, 0.1) is 10.1 Å². The van der Waals surface area contributed by atoms with Gasteiger partial charge in [0.2, 0.25) is 0 Å². The van der Waals surface area contributed by atoms with Gasteiger partial charge in [0.25, 0.3) is 5.69 Å². The van der Waals surface area contributed by atoms with Crippen molar-refractivity contribution in [3.05, 3.63) is 94.0 Å². The summed E-state index contributed by atoms with van der Waals surface area (Å²) in [5.41, 5.74) is 1.79. The van der Waals surface area contributed by atoms with E-state index < -0.39 is 10.9 Å². The summed E-state index contributed by atoms with van der Waals surface area (Å²) in [4.78, 5) is 26.6. The maximum absolute atomic E-state index is 12.2. The van der Waals surface area contributed by atoms with Crippen LogP contribution in [0.25, 0.3) is 0 Å². The maximum atomic E-state index is 12.2. The molecule has 0 heterocycles. The van der Waals surface area contributed by atoms with Crippen LogP contribution in [0.3, 0.4) is 0 Å². The summed E-state index contributed by atoms with van der Waals surface area (Å²) in [6, 6.07) is 19.4. The molecule has 0 aliphatic carbocycles. The molecule has 0 unspecified atom stereocenters. The molecular weight excluding hydrogens is 360 g/mol. The smallest absolute Gasteiger partial charge is 0.343 e. The Morgan fingerprint density at radius 3 is 2.11 bits per heavy atom. The summed E-state index contributed by atoms with van der Waals surface area (Å²) >= 11 is 0. The molecule has 0 amide bonds. The molecule has 0 saturated heterocycles. The van der Waals surface area contributed by atoms with Crippen molar-refractivity contribution in [2.75, 3.05) is 7.11 Å². The number of carbonyl (C=O) groups is 1. The molecule has 0 fully saturated rings. The van der Waals surface area contributed by atoms with E-state index in [-0.39, 0.29) is 5.69 Å². The van der Waals surface area contributed by atoms with Gasteiger partial charge in [-0.3, -0.25) is 15.1 Å². The van der Waals surface area contributed by atoms with E-state index in [2.05, 4.69) is 4.99 Å². The molecule has 7 heteroatoms. The standard InChI is InChI=1S/C21H16N2O5/c1-27-19-10-12-20(13-11-19)28-21(24)16-4-2-15(3-5-16)14-22-17-6-8-18(9-7-17)23(25)26/h2-14H,1H3. The first kappa shape index (κ1) is 18.8. The van der Waals surface area contributed by atoms with Crippen LogP contribution in [0.15, 0.2) is 77.8 Å². The van der Waals surface area contributed by atoms with Crippen LogP contribution in [0.2, 0.25) is 0 Å². The summed E-state index contributed by atoms with van der Waals surface area (Å²) in [5.74, 6) is 0.634. The molecule has 0 N–H and O–H groups in total. The highest BCUT2D eigenvalue weighted by Gasteiger charge is 2.08. The second-order valence-corrected chi connectivity index (χ2v) is 5.72. The molecule has 0 radical (unpaired) electrons. The predicted octanol–water partition coefficient (Wildman–Crippen LogP) is 4.57. The number of nitrogens with zero attached hydrogens (tertiary/aromatic N) is 2. The minimum Gasteiger partial charge on any atom is -0.497 e. The molecule has 0 spiro atoms. The monoisotopic (exact) mass is 376 g/mol. The molecular formula is C21H16N2O5. The number of hydrogen-bond donors (Lipinski definition) is 0. The van der Waals surface area contributed by atoms with Crippen LogP contribution in [-0.4, -0.2) is 24.2 Å². The minimum absolute atomic E-state index is 0.0127. The SMILES string of the molecule is COc1ccc(OC(=O)c2ccc(C=Nc3ccc([N+](=O)[O-])cc3)cc2)cc1. The normalized spacial score (nSPS) is 10.6. The van der Waals surface area contributed by atoms with E-state index >= 15 is 0 Å². The van der Waals surface area contributed by atoms with Crippen molar-refractivity contribution in [1.29, 1.82) is 0 Å². The van der Waals surface area contributed by atoms with Crippen LogP contribution in [0.4, 0.5) is 11.4 Å². The number of methoxy groups -OCH3 is 1. The van der Waals surface area contributed by atoms with Crippen molar-refractivity contribution >= 4 is 23.6 Å². The third kappa shape index (κ3) is 4.79. The third-order valence-electron chi connectivity index (χ3n) is 3.84. The highest BCUT2D eigenvalue weighted by molar-refractivity contribution is 5.92. The Balaban J connectivity index is 1.63. The van der Waals surface area contributed by atoms with Gasteiger partial charge >= 0.3 is 5.97 Å². The van der Waals surface area contributed by atoms with E-state index in [9.17, 15) is 14.9 Å². The Hall–Kier alpha value is -4.00. The van der Waals surface area contributed by atoms with Crippen LogP contribution in [0.5, 0.6) is 11.5 Å². The van der Waals surface area contributed by atoms with Gasteiger partial charge in [0.15, 0.2) is 0 Å². The zero-order valence-corrected chi connectivity index (χ0v) is 14.9. The molecule has 0 aliphatic rings. The molecule has 0 atom stereocenters. The number of aliphatic imine (C=N–C) groups is 1. The lowest BCUT2D eigenvalue weighted by Crippen LogP contribution is -2.08. The second kappa shape index (κ2) is 8.59. The molecule has 28 heavy (non-hydrogen) atoms. The fraction of sp³-hybridized carbons (Fsp3) is 0.0476. The highest BCUT2D eigenvalue weighted by atomic mass is 16.6. The van der Waals surface area contributed by atoms with Gasteiger partial charge in [-0.05, 0) is 54.1 Å². The molecule has 0 aliphatic heterocycles. The molecule has 3 aromatic rings. The summed E-state index contributed by atoms with van der Waals surface area (Å²) in [5, 5.41) is 10.6. The summed E-state index contributed by atoms with van der Waals surface area (Å²) < 4.78 is 10.4. The van der Waals surface area contributed by atoms with Gasteiger partial charge in [-0.2, -0.15) is 0 Å². The number of esters is 1. The van der Waals surface area contributed by atoms with Crippen LogP contribution < -0.4 is 9.47 Å². The molecule has 3 aromatic carbocycles. The van der Waals surface area contributed by atoms with E-state index in [1.807, 2.05) is 0 Å².